The van der Waals surface area contributed by atoms with Crippen molar-refractivity contribution in [1.29, 1.82) is 0 Å². The number of fused-ring (bicyclic) bond motifs is 7. The molecule has 0 bridgehead atoms. The predicted octanol–water partition coefficient (Wildman–Crippen LogP) is -1.01. The Morgan fingerprint density at radius 2 is 1.47 bits per heavy atom. The molecule has 24 unspecified atom stereocenters. The van der Waals surface area contributed by atoms with Crippen molar-refractivity contribution in [3.05, 3.63) is 0 Å². The summed E-state index contributed by atoms with van der Waals surface area (Å²) in [5.41, 5.74) is -0.611. The number of rotatable bonds is 5. The molecule has 4 aliphatic heterocycles. The molecule has 0 radical (unpaired) electrons. The van der Waals surface area contributed by atoms with Crippen LogP contribution in [-0.2, 0) is 28.4 Å². The van der Waals surface area contributed by atoms with Crippen LogP contribution in [0.15, 0.2) is 0 Å². The summed E-state index contributed by atoms with van der Waals surface area (Å²) in [6, 6.07) is 0. The van der Waals surface area contributed by atoms with Crippen LogP contribution in [0, 0.1) is 52.3 Å². The van der Waals surface area contributed by atoms with Gasteiger partial charge in [0.25, 0.3) is 0 Å². The molecule has 304 valence electrons. The fourth-order valence-electron chi connectivity index (χ4n) is 13.1. The molecule has 8 aliphatic rings. The lowest BCUT2D eigenvalue weighted by Gasteiger charge is -2.64. The molecule has 4 saturated heterocycles. The second kappa shape index (κ2) is 14.0. The smallest absolute Gasteiger partial charge is 0.186 e. The summed E-state index contributed by atoms with van der Waals surface area (Å²) in [6.07, 6.45) is -10.5. The number of aliphatic hydroxyl groups excluding tert-OH is 9. The van der Waals surface area contributed by atoms with E-state index in [9.17, 15) is 46.0 Å². The molecule has 15 heteroatoms. The summed E-state index contributed by atoms with van der Waals surface area (Å²) in [6.45, 7) is 8.36. The zero-order valence-electron chi connectivity index (χ0n) is 31.2. The summed E-state index contributed by atoms with van der Waals surface area (Å²) in [5.74, 6) is 0.0805. The van der Waals surface area contributed by atoms with E-state index in [2.05, 4.69) is 20.8 Å². The fraction of sp³-hybridized carbons (Fsp3) is 1.00. The van der Waals surface area contributed by atoms with Crippen molar-refractivity contribution in [2.45, 2.75) is 164 Å². The van der Waals surface area contributed by atoms with Crippen molar-refractivity contribution in [3.63, 3.8) is 0 Å². The van der Waals surface area contributed by atoms with Crippen LogP contribution in [0.3, 0.4) is 0 Å². The van der Waals surface area contributed by atoms with E-state index < -0.39 is 97.5 Å². The molecule has 0 aromatic heterocycles. The highest BCUT2D eigenvalue weighted by Gasteiger charge is 2.71. The van der Waals surface area contributed by atoms with Gasteiger partial charge in [-0.2, -0.15) is 0 Å². The van der Waals surface area contributed by atoms with Gasteiger partial charge in [-0.05, 0) is 73.5 Å². The van der Waals surface area contributed by atoms with Crippen LogP contribution >= 0.6 is 0 Å². The Hall–Kier alpha value is -0.600. The summed E-state index contributed by atoms with van der Waals surface area (Å²) in [7, 11) is 0. The molecule has 8 rings (SSSR count). The van der Waals surface area contributed by atoms with Gasteiger partial charge in [0.15, 0.2) is 18.4 Å². The molecular formula is C38H62O15. The summed E-state index contributed by atoms with van der Waals surface area (Å²) < 4.78 is 37.7. The maximum atomic E-state index is 11.5. The Balaban J connectivity index is 1.00. The third kappa shape index (κ3) is 5.93. The van der Waals surface area contributed by atoms with Gasteiger partial charge in [0.2, 0.25) is 0 Å². The molecule has 24 atom stereocenters. The highest BCUT2D eigenvalue weighted by molar-refractivity contribution is 5.17. The van der Waals surface area contributed by atoms with Crippen LogP contribution < -0.4 is 0 Å². The Morgan fingerprint density at radius 3 is 2.21 bits per heavy atom. The molecule has 4 aliphatic carbocycles. The first-order valence-corrected chi connectivity index (χ1v) is 20.0. The second-order valence-corrected chi connectivity index (χ2v) is 18.5. The number of hydrogen-bond donors (Lipinski definition) is 9. The lowest BCUT2D eigenvalue weighted by atomic mass is 9.43. The molecule has 8 fully saturated rings. The van der Waals surface area contributed by atoms with Crippen molar-refractivity contribution >= 4 is 0 Å². The van der Waals surface area contributed by atoms with E-state index >= 15 is 0 Å². The lowest BCUT2D eigenvalue weighted by molar-refractivity contribution is -0.344. The van der Waals surface area contributed by atoms with Crippen molar-refractivity contribution in [2.24, 2.45) is 52.3 Å². The van der Waals surface area contributed by atoms with Gasteiger partial charge in [0.1, 0.15) is 48.8 Å². The van der Waals surface area contributed by atoms with E-state index in [0.717, 1.165) is 32.1 Å². The van der Waals surface area contributed by atoms with Gasteiger partial charge in [-0.25, -0.2) is 0 Å². The van der Waals surface area contributed by atoms with Gasteiger partial charge >= 0.3 is 0 Å². The molecule has 4 saturated carbocycles. The standard InChI is InChI=1S/C38H62O15/c1-15-13-49-38(11-24(15)50-35-32(47)30(45)29(44)25(12-39)51-35)16(2)26-23(53-38)10-20-18-6-5-17-9-21(40)28(43)33(37(17,4)19(18)7-8-36(20,26)3)52-34-31(46)27(42)22(41)14-48-34/h15-35,39-47H,5-14H2,1-4H3. The maximum absolute atomic E-state index is 11.5. The van der Waals surface area contributed by atoms with Crippen LogP contribution in [0.25, 0.3) is 0 Å². The van der Waals surface area contributed by atoms with Gasteiger partial charge in [0, 0.05) is 23.7 Å². The van der Waals surface area contributed by atoms with Crippen LogP contribution in [0.4, 0.5) is 0 Å². The van der Waals surface area contributed by atoms with Gasteiger partial charge in [-0.15, -0.1) is 0 Å². The zero-order chi connectivity index (χ0) is 37.9. The van der Waals surface area contributed by atoms with Crippen LogP contribution in [-0.4, -0.2) is 157 Å². The van der Waals surface area contributed by atoms with E-state index in [1.54, 1.807) is 0 Å². The quantitative estimate of drug-likeness (QED) is 0.163. The lowest BCUT2D eigenvalue weighted by Crippen LogP contribution is -2.66. The van der Waals surface area contributed by atoms with Gasteiger partial charge in [-0.1, -0.05) is 27.7 Å². The van der Waals surface area contributed by atoms with Crippen LogP contribution in [0.5, 0.6) is 0 Å². The first-order chi connectivity index (χ1) is 25.1. The molecule has 1 spiro atoms. The highest BCUT2D eigenvalue weighted by atomic mass is 16.7. The summed E-state index contributed by atoms with van der Waals surface area (Å²) in [5, 5.41) is 94.7. The molecule has 9 N–H and O–H groups in total. The SMILES string of the molecule is CC1COC2(CC1OC1OC(CO)C(O)C(O)C1O)OC1CC3C4CCC5CC(O)C(O)C(OC6OCC(O)C(O)C6O)C5(C)C4CCC3(C)C1C2C. The van der Waals surface area contributed by atoms with Crippen molar-refractivity contribution < 1.29 is 74.4 Å². The third-order valence-electron chi connectivity index (χ3n) is 16.1. The van der Waals surface area contributed by atoms with E-state index in [0.29, 0.717) is 31.3 Å². The van der Waals surface area contributed by atoms with Crippen molar-refractivity contribution in [3.8, 4) is 0 Å². The monoisotopic (exact) mass is 758 g/mol. The average molecular weight is 759 g/mol. The molecule has 0 aromatic rings. The topological polar surface area (TPSA) is 237 Å². The summed E-state index contributed by atoms with van der Waals surface area (Å²) in [4.78, 5) is 0. The normalized spacial score (nSPS) is 61.0. The highest BCUT2D eigenvalue weighted by Crippen LogP contribution is 2.71. The van der Waals surface area contributed by atoms with Gasteiger partial charge in [0.05, 0.1) is 44.2 Å². The minimum atomic E-state index is -1.53. The maximum Gasteiger partial charge on any atom is 0.186 e. The van der Waals surface area contributed by atoms with E-state index in [1.807, 2.05) is 6.92 Å². The molecule has 15 nitrogen and oxygen atoms in total. The minimum absolute atomic E-state index is 0.00817. The number of hydrogen-bond acceptors (Lipinski definition) is 15. The first-order valence-electron chi connectivity index (χ1n) is 20.0. The van der Waals surface area contributed by atoms with E-state index in [-0.39, 0.29) is 47.7 Å². The summed E-state index contributed by atoms with van der Waals surface area (Å²) >= 11 is 0. The van der Waals surface area contributed by atoms with Crippen molar-refractivity contribution in [1.82, 2.24) is 0 Å². The molecule has 53 heavy (non-hydrogen) atoms. The Kier molecular flexibility index (Phi) is 10.4. The largest absolute Gasteiger partial charge is 0.394 e. The Labute approximate surface area is 310 Å². The Bertz CT molecular complexity index is 1320. The van der Waals surface area contributed by atoms with Crippen LogP contribution in [0.2, 0.25) is 0 Å². The van der Waals surface area contributed by atoms with E-state index in [4.69, 9.17) is 28.4 Å². The predicted molar refractivity (Wildman–Crippen MR) is 181 cm³/mol. The molecular weight excluding hydrogens is 696 g/mol. The average Bonchev–Trinajstić information content (AvgIpc) is 3.57. The van der Waals surface area contributed by atoms with Crippen molar-refractivity contribution in [2.75, 3.05) is 19.8 Å². The molecule has 0 aromatic carbocycles. The van der Waals surface area contributed by atoms with Gasteiger partial charge < -0.3 is 74.4 Å². The van der Waals surface area contributed by atoms with Crippen LogP contribution in [0.1, 0.15) is 72.6 Å². The molecule has 4 heterocycles. The van der Waals surface area contributed by atoms with E-state index in [1.165, 1.54) is 0 Å². The number of aliphatic hydroxyl groups is 9. The minimum Gasteiger partial charge on any atom is -0.394 e. The first kappa shape index (κ1) is 39.2. The fourth-order valence-corrected chi connectivity index (χ4v) is 13.1. The molecule has 0 amide bonds. The number of ether oxygens (including phenoxy) is 6. The Morgan fingerprint density at radius 1 is 0.736 bits per heavy atom. The second-order valence-electron chi connectivity index (χ2n) is 18.5. The zero-order valence-corrected chi connectivity index (χ0v) is 31.2. The third-order valence-corrected chi connectivity index (χ3v) is 16.1. The van der Waals surface area contributed by atoms with Gasteiger partial charge in [-0.3, -0.25) is 0 Å².